The SMILES string of the molecule is C#CC(O)C1CCC(CC)CC1. The summed E-state index contributed by atoms with van der Waals surface area (Å²) in [5, 5.41) is 9.41. The third kappa shape index (κ3) is 2.25. The van der Waals surface area contributed by atoms with Crippen LogP contribution in [0.3, 0.4) is 0 Å². The van der Waals surface area contributed by atoms with Crippen LogP contribution in [0.2, 0.25) is 0 Å². The average molecular weight is 166 g/mol. The van der Waals surface area contributed by atoms with Gasteiger partial charge in [0.1, 0.15) is 6.10 Å². The fraction of sp³-hybridized carbons (Fsp3) is 0.818. The van der Waals surface area contributed by atoms with Gasteiger partial charge in [-0.25, -0.2) is 0 Å². The van der Waals surface area contributed by atoms with E-state index in [1.165, 1.54) is 19.3 Å². The minimum atomic E-state index is -0.497. The molecule has 0 spiro atoms. The smallest absolute Gasteiger partial charge is 0.117 e. The van der Waals surface area contributed by atoms with Crippen LogP contribution in [0, 0.1) is 24.2 Å². The van der Waals surface area contributed by atoms with E-state index in [2.05, 4.69) is 12.8 Å². The molecule has 0 aromatic heterocycles. The molecule has 0 aliphatic heterocycles. The summed E-state index contributed by atoms with van der Waals surface area (Å²) in [5.74, 6) is 3.68. The maximum absolute atomic E-state index is 9.41. The van der Waals surface area contributed by atoms with E-state index in [-0.39, 0.29) is 0 Å². The molecule has 1 heteroatoms. The van der Waals surface area contributed by atoms with E-state index in [1.807, 2.05) is 0 Å². The van der Waals surface area contributed by atoms with E-state index in [0.717, 1.165) is 18.8 Å². The molecule has 68 valence electrons. The van der Waals surface area contributed by atoms with Gasteiger partial charge < -0.3 is 5.11 Å². The molecule has 0 aromatic carbocycles. The molecule has 0 heterocycles. The van der Waals surface area contributed by atoms with Gasteiger partial charge in [0.15, 0.2) is 0 Å². The highest BCUT2D eigenvalue weighted by molar-refractivity contribution is 4.97. The maximum atomic E-state index is 9.41. The Labute approximate surface area is 75.2 Å². The average Bonchev–Trinajstić information content (AvgIpc) is 2.17. The Hall–Kier alpha value is -0.480. The standard InChI is InChI=1S/C11H18O/c1-3-9-5-7-10(8-6-9)11(12)4-2/h2,9-12H,3,5-8H2,1H3. The van der Waals surface area contributed by atoms with Crippen molar-refractivity contribution in [3.8, 4) is 12.3 Å². The zero-order valence-electron chi connectivity index (χ0n) is 7.79. The summed E-state index contributed by atoms with van der Waals surface area (Å²) in [5.41, 5.74) is 0. The van der Waals surface area contributed by atoms with Crippen LogP contribution in [0.15, 0.2) is 0 Å². The minimum Gasteiger partial charge on any atom is -0.380 e. The Bertz CT molecular complexity index is 160. The molecular weight excluding hydrogens is 148 g/mol. The highest BCUT2D eigenvalue weighted by atomic mass is 16.3. The van der Waals surface area contributed by atoms with E-state index in [9.17, 15) is 5.11 Å². The summed E-state index contributed by atoms with van der Waals surface area (Å²) in [6.45, 7) is 2.24. The van der Waals surface area contributed by atoms with E-state index in [1.54, 1.807) is 0 Å². The predicted molar refractivity (Wildman–Crippen MR) is 50.6 cm³/mol. The van der Waals surface area contributed by atoms with Crippen LogP contribution in [0.4, 0.5) is 0 Å². The largest absolute Gasteiger partial charge is 0.380 e. The van der Waals surface area contributed by atoms with Gasteiger partial charge in [-0.15, -0.1) is 6.42 Å². The lowest BCUT2D eigenvalue weighted by atomic mass is 9.78. The number of hydrogen-bond acceptors (Lipinski definition) is 1. The van der Waals surface area contributed by atoms with Crippen molar-refractivity contribution in [2.24, 2.45) is 11.8 Å². The summed E-state index contributed by atoms with van der Waals surface area (Å²) >= 11 is 0. The van der Waals surface area contributed by atoms with Gasteiger partial charge in [-0.3, -0.25) is 0 Å². The summed E-state index contributed by atoms with van der Waals surface area (Å²) in [7, 11) is 0. The lowest BCUT2D eigenvalue weighted by Crippen LogP contribution is -2.24. The first-order chi connectivity index (χ1) is 5.77. The van der Waals surface area contributed by atoms with Gasteiger partial charge in [-0.05, 0) is 24.7 Å². The van der Waals surface area contributed by atoms with Gasteiger partial charge in [-0.2, -0.15) is 0 Å². The van der Waals surface area contributed by atoms with Crippen molar-refractivity contribution in [3.63, 3.8) is 0 Å². The van der Waals surface area contributed by atoms with Crippen LogP contribution < -0.4 is 0 Å². The first-order valence-corrected chi connectivity index (χ1v) is 4.92. The molecule has 0 bridgehead atoms. The lowest BCUT2D eigenvalue weighted by molar-refractivity contribution is 0.117. The Kier molecular flexibility index (Phi) is 3.62. The van der Waals surface area contributed by atoms with Gasteiger partial charge >= 0.3 is 0 Å². The first kappa shape index (κ1) is 9.61. The van der Waals surface area contributed by atoms with Gasteiger partial charge in [-0.1, -0.05) is 32.1 Å². The number of aliphatic hydroxyl groups excluding tert-OH is 1. The van der Waals surface area contributed by atoms with Gasteiger partial charge in [0, 0.05) is 0 Å². The number of hydrogen-bond donors (Lipinski definition) is 1. The molecule has 1 fully saturated rings. The third-order valence-corrected chi connectivity index (χ3v) is 3.09. The second kappa shape index (κ2) is 4.52. The summed E-state index contributed by atoms with van der Waals surface area (Å²) in [6, 6.07) is 0. The highest BCUT2D eigenvalue weighted by Gasteiger charge is 2.24. The summed E-state index contributed by atoms with van der Waals surface area (Å²) < 4.78 is 0. The van der Waals surface area contributed by atoms with Crippen LogP contribution in [0.5, 0.6) is 0 Å². The van der Waals surface area contributed by atoms with E-state index >= 15 is 0 Å². The molecule has 1 saturated carbocycles. The molecule has 1 unspecified atom stereocenters. The van der Waals surface area contributed by atoms with E-state index in [0.29, 0.717) is 5.92 Å². The monoisotopic (exact) mass is 166 g/mol. The van der Waals surface area contributed by atoms with Crippen LogP contribution in [-0.2, 0) is 0 Å². The molecule has 1 nitrogen and oxygen atoms in total. The van der Waals surface area contributed by atoms with Crippen molar-refractivity contribution in [2.45, 2.75) is 45.1 Å². The van der Waals surface area contributed by atoms with Gasteiger partial charge in [0.2, 0.25) is 0 Å². The number of terminal acetylenes is 1. The van der Waals surface area contributed by atoms with Crippen molar-refractivity contribution in [3.05, 3.63) is 0 Å². The van der Waals surface area contributed by atoms with Gasteiger partial charge in [0.25, 0.3) is 0 Å². The summed E-state index contributed by atoms with van der Waals surface area (Å²) in [4.78, 5) is 0. The molecule has 1 rings (SSSR count). The number of aliphatic hydroxyl groups is 1. The normalized spacial score (nSPS) is 32.4. The quantitative estimate of drug-likeness (QED) is 0.623. The van der Waals surface area contributed by atoms with Crippen molar-refractivity contribution >= 4 is 0 Å². The van der Waals surface area contributed by atoms with Crippen LogP contribution in [0.1, 0.15) is 39.0 Å². The summed E-state index contributed by atoms with van der Waals surface area (Å²) in [6.07, 6.45) is 10.7. The second-order valence-corrected chi connectivity index (χ2v) is 3.80. The number of rotatable bonds is 2. The molecule has 0 aromatic rings. The minimum absolute atomic E-state index is 0.373. The molecular formula is C11H18O. The fourth-order valence-corrected chi connectivity index (χ4v) is 2.05. The van der Waals surface area contributed by atoms with E-state index in [4.69, 9.17) is 6.42 Å². The predicted octanol–water partition coefficient (Wildman–Crippen LogP) is 2.20. The van der Waals surface area contributed by atoms with Crippen LogP contribution in [0.25, 0.3) is 0 Å². The first-order valence-electron chi connectivity index (χ1n) is 4.92. The zero-order valence-corrected chi connectivity index (χ0v) is 7.79. The van der Waals surface area contributed by atoms with Crippen molar-refractivity contribution in [1.29, 1.82) is 0 Å². The highest BCUT2D eigenvalue weighted by Crippen LogP contribution is 2.32. The molecule has 1 N–H and O–H groups in total. The molecule has 0 saturated heterocycles. The molecule has 0 radical (unpaired) electrons. The molecule has 0 amide bonds. The molecule has 1 aliphatic rings. The lowest BCUT2D eigenvalue weighted by Gasteiger charge is -2.28. The molecule has 12 heavy (non-hydrogen) atoms. The second-order valence-electron chi connectivity index (χ2n) is 3.80. The Morgan fingerprint density at radius 3 is 2.42 bits per heavy atom. The van der Waals surface area contributed by atoms with Gasteiger partial charge in [0.05, 0.1) is 0 Å². The fourth-order valence-electron chi connectivity index (χ4n) is 2.05. The van der Waals surface area contributed by atoms with Crippen molar-refractivity contribution < 1.29 is 5.11 Å². The van der Waals surface area contributed by atoms with Crippen molar-refractivity contribution in [1.82, 2.24) is 0 Å². The molecule has 1 atom stereocenters. The Balaban J connectivity index is 2.31. The maximum Gasteiger partial charge on any atom is 0.117 e. The van der Waals surface area contributed by atoms with Crippen LogP contribution >= 0.6 is 0 Å². The third-order valence-electron chi connectivity index (χ3n) is 3.09. The Morgan fingerprint density at radius 1 is 1.42 bits per heavy atom. The van der Waals surface area contributed by atoms with Crippen molar-refractivity contribution in [2.75, 3.05) is 0 Å². The van der Waals surface area contributed by atoms with Crippen LogP contribution in [-0.4, -0.2) is 11.2 Å². The zero-order chi connectivity index (χ0) is 8.97. The Morgan fingerprint density at radius 2 is 2.00 bits per heavy atom. The topological polar surface area (TPSA) is 20.2 Å². The molecule has 1 aliphatic carbocycles. The van der Waals surface area contributed by atoms with E-state index < -0.39 is 6.10 Å².